The fourth-order valence-electron chi connectivity index (χ4n) is 2.77. The number of ether oxygens (including phenoxy) is 1. The Hall–Kier alpha value is -1.76. The first kappa shape index (κ1) is 18.6. The molecule has 2 aromatic carbocycles. The van der Waals surface area contributed by atoms with Crippen molar-refractivity contribution in [3.63, 3.8) is 0 Å². The maximum absolute atomic E-state index is 6.03. The van der Waals surface area contributed by atoms with Gasteiger partial charge in [0.05, 0.1) is 12.6 Å². The smallest absolute Gasteiger partial charge is 0.193 e. The van der Waals surface area contributed by atoms with Crippen LogP contribution in [0.25, 0.3) is 0 Å². The van der Waals surface area contributed by atoms with Crippen LogP contribution in [0.3, 0.4) is 0 Å². The van der Waals surface area contributed by atoms with E-state index in [0.717, 1.165) is 17.9 Å². The number of benzene rings is 2. The topological polar surface area (TPSA) is 59.6 Å². The van der Waals surface area contributed by atoms with E-state index in [0.29, 0.717) is 18.5 Å². The molecule has 0 aromatic heterocycles. The maximum atomic E-state index is 6.03. The van der Waals surface area contributed by atoms with Crippen molar-refractivity contribution < 1.29 is 4.74 Å². The minimum atomic E-state index is 0. The van der Waals surface area contributed by atoms with Gasteiger partial charge in [-0.25, -0.2) is 4.99 Å². The zero-order valence-electron chi connectivity index (χ0n) is 14.0. The largest absolute Gasteiger partial charge is 0.494 e. The number of hydrogen-bond acceptors (Lipinski definition) is 2. The van der Waals surface area contributed by atoms with Crippen LogP contribution in [0.2, 0.25) is 0 Å². The molecule has 0 aliphatic heterocycles. The highest BCUT2D eigenvalue weighted by atomic mass is 127. The summed E-state index contributed by atoms with van der Waals surface area (Å²) in [7, 11) is 0. The molecule has 2 atom stereocenters. The van der Waals surface area contributed by atoms with Gasteiger partial charge in [0.2, 0.25) is 0 Å². The Morgan fingerprint density at radius 1 is 1.25 bits per heavy atom. The Balaban J connectivity index is 0.00000208. The number of aliphatic imine (C=N–C) groups is 1. The van der Waals surface area contributed by atoms with Gasteiger partial charge in [-0.05, 0) is 55.7 Å². The van der Waals surface area contributed by atoms with Crippen molar-refractivity contribution in [2.75, 3.05) is 11.9 Å². The monoisotopic (exact) mass is 437 g/mol. The third-order valence-corrected chi connectivity index (χ3v) is 3.95. The van der Waals surface area contributed by atoms with Crippen molar-refractivity contribution >= 4 is 35.6 Å². The minimum Gasteiger partial charge on any atom is -0.494 e. The molecule has 0 heterocycles. The third-order valence-electron chi connectivity index (χ3n) is 3.95. The molecule has 1 aliphatic carbocycles. The van der Waals surface area contributed by atoms with E-state index in [2.05, 4.69) is 41.5 Å². The molecule has 1 aliphatic rings. The second-order valence-electron chi connectivity index (χ2n) is 5.92. The normalized spacial score (nSPS) is 19.3. The molecule has 0 spiro atoms. The number of hydrogen-bond donors (Lipinski definition) is 2. The summed E-state index contributed by atoms with van der Waals surface area (Å²) in [6.45, 7) is 4.73. The molecule has 0 unspecified atom stereocenters. The average Bonchev–Trinajstić information content (AvgIpc) is 3.27. The van der Waals surface area contributed by atoms with E-state index in [1.165, 1.54) is 11.1 Å². The van der Waals surface area contributed by atoms with Gasteiger partial charge in [0.15, 0.2) is 5.96 Å². The Morgan fingerprint density at radius 2 is 2.04 bits per heavy atom. The van der Waals surface area contributed by atoms with E-state index in [-0.39, 0.29) is 30.0 Å². The summed E-state index contributed by atoms with van der Waals surface area (Å²) in [5.74, 6) is 1.84. The zero-order chi connectivity index (χ0) is 16.2. The molecule has 24 heavy (non-hydrogen) atoms. The highest BCUT2D eigenvalue weighted by Gasteiger charge is 2.38. The van der Waals surface area contributed by atoms with Crippen LogP contribution in [0.1, 0.15) is 30.4 Å². The van der Waals surface area contributed by atoms with Crippen molar-refractivity contribution in [2.24, 2.45) is 10.7 Å². The predicted octanol–water partition coefficient (Wildman–Crippen LogP) is 4.29. The van der Waals surface area contributed by atoms with Gasteiger partial charge in [0.25, 0.3) is 0 Å². The average molecular weight is 437 g/mol. The van der Waals surface area contributed by atoms with Crippen LogP contribution < -0.4 is 15.8 Å². The predicted molar refractivity (Wildman–Crippen MR) is 111 cm³/mol. The van der Waals surface area contributed by atoms with E-state index >= 15 is 0 Å². The van der Waals surface area contributed by atoms with Crippen LogP contribution in [0.5, 0.6) is 5.75 Å². The molecule has 0 bridgehead atoms. The third kappa shape index (κ3) is 4.87. The fourth-order valence-corrected chi connectivity index (χ4v) is 2.77. The van der Waals surface area contributed by atoms with Crippen LogP contribution in [0.4, 0.5) is 5.69 Å². The highest BCUT2D eigenvalue weighted by molar-refractivity contribution is 14.0. The van der Waals surface area contributed by atoms with Gasteiger partial charge in [-0.3, -0.25) is 0 Å². The lowest BCUT2D eigenvalue weighted by molar-refractivity contribution is 0.340. The van der Waals surface area contributed by atoms with Crippen LogP contribution >= 0.6 is 24.0 Å². The minimum absolute atomic E-state index is 0. The maximum Gasteiger partial charge on any atom is 0.193 e. The second kappa shape index (κ2) is 8.37. The zero-order valence-corrected chi connectivity index (χ0v) is 16.4. The Labute approximate surface area is 160 Å². The summed E-state index contributed by atoms with van der Waals surface area (Å²) < 4.78 is 5.56. The van der Waals surface area contributed by atoms with Crippen molar-refractivity contribution in [3.8, 4) is 5.75 Å². The van der Waals surface area contributed by atoms with Gasteiger partial charge < -0.3 is 15.8 Å². The standard InChI is InChI=1S/C19H23N3O.HI/c1-3-23-16-9-5-7-14(11-16)17-12-18(17)22-19(20)21-15-8-4-6-13(2)10-15;/h4-11,17-18H,3,12H2,1-2H3,(H3,20,21,22);1H/t17-,18+;/m0./s1. The molecule has 3 N–H and O–H groups in total. The summed E-state index contributed by atoms with van der Waals surface area (Å²) in [5.41, 5.74) is 9.47. The van der Waals surface area contributed by atoms with Gasteiger partial charge in [-0.2, -0.15) is 0 Å². The van der Waals surface area contributed by atoms with Gasteiger partial charge in [0, 0.05) is 11.6 Å². The first-order valence-electron chi connectivity index (χ1n) is 8.05. The molecule has 2 aromatic rings. The molecular formula is C19H24IN3O. The summed E-state index contributed by atoms with van der Waals surface area (Å²) in [6.07, 6.45) is 1.03. The SMILES string of the molecule is CCOc1cccc([C@@H]2C[C@H]2N=C(N)Nc2cccc(C)c2)c1.I. The number of nitrogens with one attached hydrogen (secondary N) is 1. The van der Waals surface area contributed by atoms with E-state index in [1.807, 2.05) is 31.2 Å². The van der Waals surface area contributed by atoms with Crippen molar-refractivity contribution in [1.29, 1.82) is 0 Å². The number of nitrogens with zero attached hydrogens (tertiary/aromatic N) is 1. The first-order valence-corrected chi connectivity index (χ1v) is 8.05. The van der Waals surface area contributed by atoms with Gasteiger partial charge >= 0.3 is 0 Å². The fraction of sp³-hybridized carbons (Fsp3) is 0.316. The molecule has 1 saturated carbocycles. The molecule has 3 rings (SSSR count). The quantitative estimate of drug-likeness (QED) is 0.417. The second-order valence-corrected chi connectivity index (χ2v) is 5.92. The Kier molecular flexibility index (Phi) is 6.48. The van der Waals surface area contributed by atoms with Crippen molar-refractivity contribution in [1.82, 2.24) is 0 Å². The van der Waals surface area contributed by atoms with Crippen molar-refractivity contribution in [3.05, 3.63) is 59.7 Å². The molecular weight excluding hydrogens is 413 g/mol. The molecule has 0 radical (unpaired) electrons. The molecule has 4 nitrogen and oxygen atoms in total. The van der Waals surface area contributed by atoms with E-state index < -0.39 is 0 Å². The van der Waals surface area contributed by atoms with E-state index in [1.54, 1.807) is 0 Å². The lowest BCUT2D eigenvalue weighted by atomic mass is 10.1. The summed E-state index contributed by atoms with van der Waals surface area (Å²) >= 11 is 0. The first-order chi connectivity index (χ1) is 11.2. The van der Waals surface area contributed by atoms with Crippen molar-refractivity contribution in [2.45, 2.75) is 32.2 Å². The van der Waals surface area contributed by atoms with Crippen LogP contribution in [0, 0.1) is 6.92 Å². The number of guanidine groups is 1. The lowest BCUT2D eigenvalue weighted by Crippen LogP contribution is -2.23. The highest BCUT2D eigenvalue weighted by Crippen LogP contribution is 2.44. The number of nitrogens with two attached hydrogens (primary N) is 1. The number of halogens is 1. The molecule has 5 heteroatoms. The Morgan fingerprint density at radius 3 is 2.79 bits per heavy atom. The lowest BCUT2D eigenvalue weighted by Gasteiger charge is -2.07. The van der Waals surface area contributed by atoms with Gasteiger partial charge in [-0.1, -0.05) is 24.3 Å². The van der Waals surface area contributed by atoms with Crippen LogP contribution in [0.15, 0.2) is 53.5 Å². The number of aryl methyl sites for hydroxylation is 1. The summed E-state index contributed by atoms with van der Waals surface area (Å²) in [4.78, 5) is 4.59. The van der Waals surface area contributed by atoms with Gasteiger partial charge in [-0.15, -0.1) is 24.0 Å². The van der Waals surface area contributed by atoms with Crippen LogP contribution in [-0.4, -0.2) is 18.6 Å². The van der Waals surface area contributed by atoms with Crippen LogP contribution in [-0.2, 0) is 0 Å². The molecule has 128 valence electrons. The summed E-state index contributed by atoms with van der Waals surface area (Å²) in [5, 5.41) is 3.16. The summed E-state index contributed by atoms with van der Waals surface area (Å²) in [6, 6.07) is 16.6. The number of rotatable bonds is 5. The van der Waals surface area contributed by atoms with E-state index in [4.69, 9.17) is 10.5 Å². The molecule has 0 amide bonds. The number of anilines is 1. The molecule has 0 saturated heterocycles. The van der Waals surface area contributed by atoms with Gasteiger partial charge in [0.1, 0.15) is 5.75 Å². The molecule has 1 fully saturated rings. The van der Waals surface area contributed by atoms with E-state index in [9.17, 15) is 0 Å². The Bertz CT molecular complexity index is 717.